The first-order valence-corrected chi connectivity index (χ1v) is 7.01. The van der Waals surface area contributed by atoms with E-state index >= 15 is 0 Å². The summed E-state index contributed by atoms with van der Waals surface area (Å²) in [6, 6.07) is 0. The highest BCUT2D eigenvalue weighted by Gasteiger charge is 1.84. The molecule has 100 valence electrons. The molecule has 0 saturated heterocycles. The minimum atomic E-state index is 0.361. The molecule has 0 aliphatic carbocycles. The van der Waals surface area contributed by atoms with E-state index in [2.05, 4.69) is 20.8 Å². The van der Waals surface area contributed by atoms with Crippen molar-refractivity contribution < 1.29 is 9.84 Å². The maximum Gasteiger partial charge on any atom is 0.0465 e. The van der Waals surface area contributed by atoms with E-state index in [0.29, 0.717) is 6.61 Å². The van der Waals surface area contributed by atoms with E-state index < -0.39 is 0 Å². The minimum absolute atomic E-state index is 0.361. The summed E-state index contributed by atoms with van der Waals surface area (Å²) >= 11 is 0. The average Bonchev–Trinajstić information content (AvgIpc) is 2.31. The summed E-state index contributed by atoms with van der Waals surface area (Å²) in [4.78, 5) is 0. The van der Waals surface area contributed by atoms with Crippen molar-refractivity contribution in [3.63, 3.8) is 0 Å². The topological polar surface area (TPSA) is 29.5 Å². The van der Waals surface area contributed by atoms with Crippen LogP contribution >= 0.6 is 0 Å². The van der Waals surface area contributed by atoms with E-state index in [9.17, 15) is 0 Å². The number of hydrogen-bond donors (Lipinski definition) is 1. The van der Waals surface area contributed by atoms with Gasteiger partial charge in [-0.1, -0.05) is 52.9 Å². The van der Waals surface area contributed by atoms with Crippen molar-refractivity contribution in [2.75, 3.05) is 19.8 Å². The van der Waals surface area contributed by atoms with Gasteiger partial charge in [0.1, 0.15) is 0 Å². The lowest BCUT2D eigenvalue weighted by Crippen LogP contribution is -1.95. The maximum atomic E-state index is 8.29. The summed E-state index contributed by atoms with van der Waals surface area (Å²) in [5.74, 6) is 0. The van der Waals surface area contributed by atoms with Gasteiger partial charge in [0.15, 0.2) is 0 Å². The molecule has 16 heavy (non-hydrogen) atoms. The van der Waals surface area contributed by atoms with Gasteiger partial charge in [0.05, 0.1) is 0 Å². The fraction of sp³-hybridized carbons (Fsp3) is 1.00. The van der Waals surface area contributed by atoms with Crippen molar-refractivity contribution in [1.82, 2.24) is 0 Å². The molecule has 0 saturated carbocycles. The average molecular weight is 232 g/mol. The summed E-state index contributed by atoms with van der Waals surface area (Å²) in [5, 5.41) is 8.29. The molecule has 0 aliphatic rings. The summed E-state index contributed by atoms with van der Waals surface area (Å²) < 4.78 is 5.31. The third kappa shape index (κ3) is 23.6. The monoisotopic (exact) mass is 232 g/mol. The van der Waals surface area contributed by atoms with E-state index in [-0.39, 0.29) is 0 Å². The molecule has 0 rings (SSSR count). The number of ether oxygens (including phenoxy) is 1. The first-order valence-electron chi connectivity index (χ1n) is 7.01. The number of rotatable bonds is 10. The summed E-state index contributed by atoms with van der Waals surface area (Å²) in [7, 11) is 0. The third-order valence-electron chi connectivity index (χ3n) is 2.30. The Kier molecular flexibility index (Phi) is 23.3. The van der Waals surface area contributed by atoms with Crippen LogP contribution in [0.2, 0.25) is 0 Å². The van der Waals surface area contributed by atoms with Gasteiger partial charge in [-0.05, 0) is 19.3 Å². The van der Waals surface area contributed by atoms with Gasteiger partial charge in [0, 0.05) is 19.8 Å². The van der Waals surface area contributed by atoms with Crippen LogP contribution in [0.3, 0.4) is 0 Å². The first-order chi connectivity index (χ1) is 7.83. The molecule has 2 heteroatoms. The molecule has 0 aromatic heterocycles. The van der Waals surface area contributed by atoms with Crippen LogP contribution in [0.4, 0.5) is 0 Å². The second kappa shape index (κ2) is 20.3. The zero-order chi connectivity index (χ0) is 12.5. The Morgan fingerprint density at radius 1 is 0.688 bits per heavy atom. The Balaban J connectivity index is 0. The van der Waals surface area contributed by atoms with Gasteiger partial charge in [-0.15, -0.1) is 0 Å². The van der Waals surface area contributed by atoms with Gasteiger partial charge in [0.2, 0.25) is 0 Å². The van der Waals surface area contributed by atoms with Crippen molar-refractivity contribution in [1.29, 1.82) is 0 Å². The predicted molar refractivity (Wildman–Crippen MR) is 71.9 cm³/mol. The molecule has 2 nitrogen and oxygen atoms in total. The minimum Gasteiger partial charge on any atom is -0.396 e. The van der Waals surface area contributed by atoms with Crippen LogP contribution in [0.5, 0.6) is 0 Å². The van der Waals surface area contributed by atoms with Gasteiger partial charge in [-0.3, -0.25) is 0 Å². The van der Waals surface area contributed by atoms with Gasteiger partial charge in [-0.25, -0.2) is 0 Å². The number of hydrogen-bond acceptors (Lipinski definition) is 2. The van der Waals surface area contributed by atoms with Crippen LogP contribution in [-0.2, 0) is 4.74 Å². The lowest BCUT2D eigenvalue weighted by Gasteiger charge is -1.99. The molecule has 0 bridgehead atoms. The molecule has 0 atom stereocenters. The Hall–Kier alpha value is -0.0800. The highest BCUT2D eigenvalue weighted by molar-refractivity contribution is 4.36. The molecule has 0 radical (unpaired) electrons. The second-order valence-electron chi connectivity index (χ2n) is 4.10. The third-order valence-corrected chi connectivity index (χ3v) is 2.30. The molecule has 0 aliphatic heterocycles. The Labute approximate surface area is 102 Å². The molecule has 1 N–H and O–H groups in total. The predicted octanol–water partition coefficient (Wildman–Crippen LogP) is 4.16. The normalized spacial score (nSPS) is 9.75. The van der Waals surface area contributed by atoms with Crippen LogP contribution in [0, 0.1) is 0 Å². The standard InChI is InChI=1S/C8H18O.C6H14O/c1-3-5-7-9-8-6-4-2;1-2-3-4-5-6-7/h3-8H2,1-2H3;7H,2-6H2,1H3. The number of aliphatic hydroxyl groups is 1. The van der Waals surface area contributed by atoms with E-state index in [1.807, 2.05) is 0 Å². The van der Waals surface area contributed by atoms with Crippen molar-refractivity contribution in [3.8, 4) is 0 Å². The van der Waals surface area contributed by atoms with E-state index in [0.717, 1.165) is 19.6 Å². The first kappa shape index (κ1) is 18.3. The fourth-order valence-corrected chi connectivity index (χ4v) is 1.13. The molecule has 0 fully saturated rings. The zero-order valence-electron chi connectivity index (χ0n) is 11.6. The van der Waals surface area contributed by atoms with Gasteiger partial charge in [0.25, 0.3) is 0 Å². The highest BCUT2D eigenvalue weighted by Crippen LogP contribution is 1.96. The van der Waals surface area contributed by atoms with Gasteiger partial charge in [-0.2, -0.15) is 0 Å². The molecule has 0 amide bonds. The Morgan fingerprint density at radius 2 is 1.19 bits per heavy atom. The van der Waals surface area contributed by atoms with Crippen LogP contribution < -0.4 is 0 Å². The van der Waals surface area contributed by atoms with Gasteiger partial charge < -0.3 is 9.84 Å². The lowest BCUT2D eigenvalue weighted by molar-refractivity contribution is 0.128. The molecule has 0 aromatic carbocycles. The van der Waals surface area contributed by atoms with Crippen LogP contribution in [-0.4, -0.2) is 24.9 Å². The number of unbranched alkanes of at least 4 members (excludes halogenated alkanes) is 5. The highest BCUT2D eigenvalue weighted by atomic mass is 16.5. The van der Waals surface area contributed by atoms with Crippen LogP contribution in [0.1, 0.15) is 72.1 Å². The smallest absolute Gasteiger partial charge is 0.0465 e. The lowest BCUT2D eigenvalue weighted by atomic mass is 10.2. The van der Waals surface area contributed by atoms with Crippen LogP contribution in [0.25, 0.3) is 0 Å². The molecule has 0 aromatic rings. The van der Waals surface area contributed by atoms with Crippen molar-refractivity contribution in [3.05, 3.63) is 0 Å². The summed E-state index contributed by atoms with van der Waals surface area (Å²) in [6.45, 7) is 8.80. The summed E-state index contributed by atoms with van der Waals surface area (Å²) in [5.41, 5.74) is 0. The maximum absolute atomic E-state index is 8.29. The SMILES string of the molecule is CCCCCCO.CCCCOCCCC. The summed E-state index contributed by atoms with van der Waals surface area (Å²) in [6.07, 6.45) is 9.59. The zero-order valence-corrected chi connectivity index (χ0v) is 11.6. The fourth-order valence-electron chi connectivity index (χ4n) is 1.13. The molecular weight excluding hydrogens is 200 g/mol. The van der Waals surface area contributed by atoms with Crippen molar-refractivity contribution in [2.45, 2.75) is 72.1 Å². The molecule has 0 heterocycles. The largest absolute Gasteiger partial charge is 0.396 e. The van der Waals surface area contributed by atoms with Crippen molar-refractivity contribution in [2.24, 2.45) is 0 Å². The molecule has 0 spiro atoms. The second-order valence-corrected chi connectivity index (χ2v) is 4.10. The molecular formula is C14H32O2. The van der Waals surface area contributed by atoms with E-state index in [4.69, 9.17) is 9.84 Å². The van der Waals surface area contributed by atoms with Gasteiger partial charge >= 0.3 is 0 Å². The van der Waals surface area contributed by atoms with Crippen molar-refractivity contribution >= 4 is 0 Å². The van der Waals surface area contributed by atoms with Crippen LogP contribution in [0.15, 0.2) is 0 Å². The number of aliphatic hydroxyl groups excluding tert-OH is 1. The molecule has 0 unspecified atom stereocenters. The Bertz CT molecular complexity index is 84.7. The Morgan fingerprint density at radius 3 is 1.56 bits per heavy atom. The van der Waals surface area contributed by atoms with E-state index in [1.54, 1.807) is 0 Å². The quantitative estimate of drug-likeness (QED) is 0.573. The van der Waals surface area contributed by atoms with E-state index in [1.165, 1.54) is 44.9 Å².